The molecule has 0 amide bonds. The van der Waals surface area contributed by atoms with Crippen molar-refractivity contribution in [2.75, 3.05) is 13.2 Å². The van der Waals surface area contributed by atoms with Gasteiger partial charge in [-0.1, -0.05) is 262 Å². The molecule has 0 aromatic heterocycles. The zero-order valence-electron chi connectivity index (χ0n) is 45.4. The van der Waals surface area contributed by atoms with Gasteiger partial charge in [-0.15, -0.1) is 0 Å². The molecule has 0 saturated heterocycles. The second-order valence-corrected chi connectivity index (χ2v) is 19.9. The highest BCUT2D eigenvalue weighted by Gasteiger charge is 2.19. The highest BCUT2D eigenvalue weighted by atomic mass is 16.6. The number of ether oxygens (including phenoxy) is 3. The molecule has 0 aliphatic rings. The van der Waals surface area contributed by atoms with Crippen LogP contribution in [0.25, 0.3) is 0 Å². The molecule has 0 rings (SSSR count). The third-order valence-electron chi connectivity index (χ3n) is 13.1. The van der Waals surface area contributed by atoms with Gasteiger partial charge in [0.25, 0.3) is 0 Å². The van der Waals surface area contributed by atoms with Gasteiger partial charge >= 0.3 is 17.9 Å². The SMILES string of the molecule is CC/C=C\C/C=C\C/C=C\CCCCCC(=O)OC(COC(=O)CCCCCCCC)COC(=O)CCCCCCCCCCCCCCCCCCCCC/C=C\CCCCCCCCCC. The predicted molar refractivity (Wildman–Crippen MR) is 293 cm³/mol. The van der Waals surface area contributed by atoms with E-state index in [1.165, 1.54) is 186 Å². The Kier molecular flexibility index (Phi) is 54.8. The molecular weight excluding hydrogens is 841 g/mol. The van der Waals surface area contributed by atoms with Gasteiger partial charge in [0, 0.05) is 19.3 Å². The number of hydrogen-bond acceptors (Lipinski definition) is 6. The molecule has 1 unspecified atom stereocenters. The second-order valence-electron chi connectivity index (χ2n) is 19.9. The summed E-state index contributed by atoms with van der Waals surface area (Å²) in [4.78, 5) is 37.8. The van der Waals surface area contributed by atoms with E-state index in [4.69, 9.17) is 14.2 Å². The first-order valence-electron chi connectivity index (χ1n) is 29.6. The van der Waals surface area contributed by atoms with Crippen molar-refractivity contribution in [1.29, 1.82) is 0 Å². The summed E-state index contributed by atoms with van der Waals surface area (Å²) < 4.78 is 16.7. The fourth-order valence-electron chi connectivity index (χ4n) is 8.63. The topological polar surface area (TPSA) is 78.9 Å². The number of hydrogen-bond donors (Lipinski definition) is 0. The molecule has 0 heterocycles. The van der Waals surface area contributed by atoms with Gasteiger partial charge in [-0.3, -0.25) is 14.4 Å². The molecule has 0 bridgehead atoms. The van der Waals surface area contributed by atoms with Crippen molar-refractivity contribution in [3.8, 4) is 0 Å². The molecule has 0 saturated carbocycles. The molecule has 0 aliphatic heterocycles. The Morgan fingerprint density at radius 1 is 0.309 bits per heavy atom. The van der Waals surface area contributed by atoms with Crippen molar-refractivity contribution in [2.24, 2.45) is 0 Å². The maximum Gasteiger partial charge on any atom is 0.306 e. The summed E-state index contributed by atoms with van der Waals surface area (Å²) in [7, 11) is 0. The number of allylic oxidation sites excluding steroid dienone is 8. The Morgan fingerprint density at radius 2 is 0.574 bits per heavy atom. The Hall–Kier alpha value is -2.63. The molecule has 0 fully saturated rings. The van der Waals surface area contributed by atoms with Crippen LogP contribution in [-0.2, 0) is 28.6 Å². The van der Waals surface area contributed by atoms with E-state index in [2.05, 4.69) is 69.4 Å². The number of carbonyl (C=O) groups excluding carboxylic acids is 3. The van der Waals surface area contributed by atoms with Crippen LogP contribution in [0.15, 0.2) is 48.6 Å². The summed E-state index contributed by atoms with van der Waals surface area (Å²) in [6, 6.07) is 0. The van der Waals surface area contributed by atoms with Crippen molar-refractivity contribution >= 4 is 17.9 Å². The van der Waals surface area contributed by atoms with Gasteiger partial charge in [-0.2, -0.15) is 0 Å². The summed E-state index contributed by atoms with van der Waals surface area (Å²) in [6.07, 6.45) is 70.3. The van der Waals surface area contributed by atoms with Crippen LogP contribution in [0.4, 0.5) is 0 Å². The van der Waals surface area contributed by atoms with E-state index in [0.717, 1.165) is 83.5 Å². The number of carbonyl (C=O) groups is 3. The fourth-order valence-corrected chi connectivity index (χ4v) is 8.63. The Balaban J connectivity index is 3.95. The van der Waals surface area contributed by atoms with E-state index < -0.39 is 6.10 Å². The van der Waals surface area contributed by atoms with Gasteiger partial charge < -0.3 is 14.2 Å². The van der Waals surface area contributed by atoms with Crippen LogP contribution in [0.1, 0.15) is 310 Å². The van der Waals surface area contributed by atoms with Crippen molar-refractivity contribution in [3.63, 3.8) is 0 Å². The lowest BCUT2D eigenvalue weighted by atomic mass is 10.0. The Labute approximate surface area is 422 Å². The second kappa shape index (κ2) is 57.0. The lowest BCUT2D eigenvalue weighted by Crippen LogP contribution is -2.30. The first kappa shape index (κ1) is 65.4. The zero-order chi connectivity index (χ0) is 49.3. The highest BCUT2D eigenvalue weighted by molar-refractivity contribution is 5.71. The summed E-state index contributed by atoms with van der Waals surface area (Å²) in [5.41, 5.74) is 0. The standard InChI is InChI=1S/C62H112O6/c1-4-7-10-13-16-18-20-22-23-24-25-26-27-28-29-30-31-32-33-34-35-36-37-38-39-41-42-44-46-49-52-55-61(64)67-58-59(57-66-60(63)54-51-48-15-12-9-6-3)68-62(65)56-53-50-47-45-43-40-21-19-17-14-11-8-5-2/h8,11,17,19,24-25,40,43,59H,4-7,9-10,12-16,18,20-23,26-39,41-42,44-58H2,1-3H3/b11-8-,19-17-,25-24-,43-40-. The summed E-state index contributed by atoms with van der Waals surface area (Å²) >= 11 is 0. The van der Waals surface area contributed by atoms with Crippen LogP contribution in [0, 0.1) is 0 Å². The zero-order valence-corrected chi connectivity index (χ0v) is 45.4. The molecule has 6 nitrogen and oxygen atoms in total. The van der Waals surface area contributed by atoms with Gasteiger partial charge in [0.2, 0.25) is 0 Å². The van der Waals surface area contributed by atoms with Crippen LogP contribution in [0.2, 0.25) is 0 Å². The summed E-state index contributed by atoms with van der Waals surface area (Å²) in [5, 5.41) is 0. The smallest absolute Gasteiger partial charge is 0.306 e. The molecule has 0 N–H and O–H groups in total. The molecule has 0 aliphatic carbocycles. The van der Waals surface area contributed by atoms with Crippen LogP contribution >= 0.6 is 0 Å². The van der Waals surface area contributed by atoms with Gasteiger partial charge in [-0.25, -0.2) is 0 Å². The molecule has 0 aromatic rings. The fraction of sp³-hybridized carbons (Fsp3) is 0.823. The van der Waals surface area contributed by atoms with Crippen LogP contribution in [0.3, 0.4) is 0 Å². The molecule has 68 heavy (non-hydrogen) atoms. The third-order valence-corrected chi connectivity index (χ3v) is 13.1. The van der Waals surface area contributed by atoms with Crippen molar-refractivity contribution in [1.82, 2.24) is 0 Å². The van der Waals surface area contributed by atoms with E-state index in [0.29, 0.717) is 19.3 Å². The summed E-state index contributed by atoms with van der Waals surface area (Å²) in [6.45, 7) is 6.46. The maximum absolute atomic E-state index is 12.7. The molecule has 0 radical (unpaired) electrons. The number of esters is 3. The normalized spacial score (nSPS) is 12.3. The van der Waals surface area contributed by atoms with Crippen LogP contribution in [0.5, 0.6) is 0 Å². The monoisotopic (exact) mass is 953 g/mol. The molecule has 0 spiro atoms. The first-order valence-corrected chi connectivity index (χ1v) is 29.6. The van der Waals surface area contributed by atoms with Crippen LogP contribution in [-0.4, -0.2) is 37.2 Å². The Morgan fingerprint density at radius 3 is 0.926 bits per heavy atom. The number of rotatable bonds is 54. The Bertz CT molecular complexity index is 1190. The molecule has 6 heteroatoms. The van der Waals surface area contributed by atoms with Crippen molar-refractivity contribution in [3.05, 3.63) is 48.6 Å². The minimum Gasteiger partial charge on any atom is -0.462 e. The van der Waals surface area contributed by atoms with E-state index >= 15 is 0 Å². The predicted octanol–water partition coefficient (Wildman–Crippen LogP) is 19.8. The van der Waals surface area contributed by atoms with Crippen molar-refractivity contribution in [2.45, 2.75) is 316 Å². The van der Waals surface area contributed by atoms with E-state index in [1.54, 1.807) is 0 Å². The largest absolute Gasteiger partial charge is 0.462 e. The van der Waals surface area contributed by atoms with Gasteiger partial charge in [-0.05, 0) is 77.0 Å². The molecule has 0 aromatic carbocycles. The van der Waals surface area contributed by atoms with Gasteiger partial charge in [0.1, 0.15) is 13.2 Å². The van der Waals surface area contributed by atoms with Crippen molar-refractivity contribution < 1.29 is 28.6 Å². The average Bonchev–Trinajstić information content (AvgIpc) is 3.34. The molecular formula is C62H112O6. The van der Waals surface area contributed by atoms with Crippen LogP contribution < -0.4 is 0 Å². The van der Waals surface area contributed by atoms with E-state index in [1.807, 2.05) is 0 Å². The highest BCUT2D eigenvalue weighted by Crippen LogP contribution is 2.17. The van der Waals surface area contributed by atoms with Gasteiger partial charge in [0.15, 0.2) is 6.10 Å². The minimum atomic E-state index is -0.782. The lowest BCUT2D eigenvalue weighted by molar-refractivity contribution is -0.167. The molecule has 1 atom stereocenters. The number of unbranched alkanes of at least 4 members (excludes halogenated alkanes) is 35. The minimum absolute atomic E-state index is 0.0823. The third kappa shape index (κ3) is 54.3. The lowest BCUT2D eigenvalue weighted by Gasteiger charge is -2.18. The summed E-state index contributed by atoms with van der Waals surface area (Å²) in [5.74, 6) is -0.912. The first-order chi connectivity index (χ1) is 33.5. The van der Waals surface area contributed by atoms with Gasteiger partial charge in [0.05, 0.1) is 0 Å². The van der Waals surface area contributed by atoms with E-state index in [9.17, 15) is 14.4 Å². The quantitative estimate of drug-likeness (QED) is 0.0262. The average molecular weight is 954 g/mol. The maximum atomic E-state index is 12.7. The molecule has 396 valence electrons. The van der Waals surface area contributed by atoms with E-state index in [-0.39, 0.29) is 31.1 Å².